The molecule has 0 radical (unpaired) electrons. The van der Waals surface area contributed by atoms with Crippen LogP contribution in [0.1, 0.15) is 79.4 Å². The first-order chi connectivity index (χ1) is 24.0. The average molecular weight is 713 g/mol. The van der Waals surface area contributed by atoms with Crippen LogP contribution in [-0.2, 0) is 32.0 Å². The highest BCUT2D eigenvalue weighted by Crippen LogP contribution is 2.35. The molecule has 5 amide bonds. The fraction of sp³-hybridized carbons (Fsp3) is 0.658. The molecule has 51 heavy (non-hydrogen) atoms. The lowest BCUT2D eigenvalue weighted by molar-refractivity contribution is -0.141. The maximum atomic E-state index is 14.7. The molecule has 0 aromatic heterocycles. The van der Waals surface area contributed by atoms with Crippen molar-refractivity contribution in [3.63, 3.8) is 0 Å². The zero-order chi connectivity index (χ0) is 38.0. The van der Waals surface area contributed by atoms with Crippen LogP contribution in [-0.4, -0.2) is 95.9 Å². The Morgan fingerprint density at radius 2 is 1.67 bits per heavy atom. The highest BCUT2D eigenvalue weighted by molar-refractivity contribution is 6.38. The Hall–Kier alpha value is -3.97. The van der Waals surface area contributed by atoms with E-state index in [9.17, 15) is 29.1 Å². The van der Waals surface area contributed by atoms with E-state index in [1.807, 2.05) is 79.7 Å². The number of urea groups is 1. The fourth-order valence-corrected chi connectivity index (χ4v) is 6.88. The number of aliphatic hydroxyl groups is 1. The molecule has 1 fully saturated rings. The number of rotatable bonds is 16. The number of nitrogens with zero attached hydrogens (tertiary/aromatic N) is 1. The Kier molecular flexibility index (Phi) is 15.0. The highest BCUT2D eigenvalue weighted by atomic mass is 16.5. The molecule has 2 aliphatic rings. The van der Waals surface area contributed by atoms with E-state index < -0.39 is 59.6 Å². The van der Waals surface area contributed by atoms with Gasteiger partial charge >= 0.3 is 12.1 Å². The van der Waals surface area contributed by atoms with E-state index in [2.05, 4.69) is 33.2 Å². The lowest BCUT2D eigenvalue weighted by atomic mass is 9.87. The maximum absolute atomic E-state index is 14.7. The van der Waals surface area contributed by atoms with Gasteiger partial charge in [-0.25, -0.2) is 9.59 Å². The van der Waals surface area contributed by atoms with Crippen LogP contribution in [0, 0.1) is 23.2 Å². The van der Waals surface area contributed by atoms with Gasteiger partial charge in [-0.2, -0.15) is 0 Å². The van der Waals surface area contributed by atoms with Crippen LogP contribution in [0.25, 0.3) is 0 Å². The monoisotopic (exact) mass is 712 g/mol. The summed E-state index contributed by atoms with van der Waals surface area (Å²) in [5, 5.41) is 25.7. The molecular weight excluding hydrogens is 652 g/mol. The number of alkyl carbamates (subject to hydrolysis) is 1. The minimum Gasteiger partial charge on any atom is -0.447 e. The summed E-state index contributed by atoms with van der Waals surface area (Å²) in [4.78, 5) is 67.9. The maximum Gasteiger partial charge on any atom is 0.407 e. The standard InChI is InChI=1S/C38H60N6O7/c1-10-14-28(32(45)34(47)39-17-11-2)41-33(46)31-24(6)23(5)20-44(31)35(48)30(27-18-25-15-12-13-16-26(25)19-27)43-36(49)42-29(38(7,8)9)21-51-37(50)40-22(3)4/h11-13,15-16,22-24,27-31,33,41,46H,2,10,14,17-21H2,1,3-9H3,(H,39,47)(H,40,50)(H2,42,43,49)/t23?,24-,28?,29+,30?,31?,33?/m0/s1. The van der Waals surface area contributed by atoms with E-state index >= 15 is 0 Å². The molecular formula is C38H60N6O7. The number of amides is 5. The SMILES string of the molecule is C=CCNC(=O)C(=O)C(CCC)NC(O)C1[C@@H](C)C(C)CN1C(=O)C(NC(=O)N[C@H](COC(=O)NC(C)C)C(C)(C)C)C1Cc2ccccc2C1. The van der Waals surface area contributed by atoms with Crippen molar-refractivity contribution in [3.05, 3.63) is 48.0 Å². The number of aliphatic hydroxyl groups excluding tert-OH is 1. The lowest BCUT2D eigenvalue weighted by Crippen LogP contribution is -2.62. The Bertz CT molecular complexity index is 1370. The van der Waals surface area contributed by atoms with Crippen molar-refractivity contribution in [2.45, 2.75) is 118 Å². The first-order valence-corrected chi connectivity index (χ1v) is 18.2. The number of nitrogens with one attached hydrogen (secondary N) is 5. The number of hydrogen-bond donors (Lipinski definition) is 6. The van der Waals surface area contributed by atoms with Crippen LogP contribution in [0.2, 0.25) is 0 Å². The molecule has 284 valence electrons. The smallest absolute Gasteiger partial charge is 0.407 e. The Balaban J connectivity index is 1.87. The van der Waals surface area contributed by atoms with E-state index in [-0.39, 0.29) is 42.9 Å². The Morgan fingerprint density at radius 1 is 1.04 bits per heavy atom. The second-order valence-electron chi connectivity index (χ2n) is 15.5. The zero-order valence-corrected chi connectivity index (χ0v) is 31.6. The molecule has 1 heterocycles. The summed E-state index contributed by atoms with van der Waals surface area (Å²) in [6, 6.07) is 4.05. The summed E-state index contributed by atoms with van der Waals surface area (Å²) in [5.41, 5.74) is 1.72. The summed E-state index contributed by atoms with van der Waals surface area (Å²) < 4.78 is 5.43. The van der Waals surface area contributed by atoms with Gasteiger partial charge in [-0.05, 0) is 67.4 Å². The van der Waals surface area contributed by atoms with Gasteiger partial charge in [0, 0.05) is 19.1 Å². The zero-order valence-electron chi connectivity index (χ0n) is 31.6. The lowest BCUT2D eigenvalue weighted by Gasteiger charge is -2.37. The van der Waals surface area contributed by atoms with Gasteiger partial charge in [-0.1, -0.05) is 78.3 Å². The summed E-state index contributed by atoms with van der Waals surface area (Å²) in [6.07, 6.45) is 1.60. The number of benzene rings is 1. The largest absolute Gasteiger partial charge is 0.447 e. The van der Waals surface area contributed by atoms with Crippen molar-refractivity contribution in [3.8, 4) is 0 Å². The third kappa shape index (κ3) is 11.3. The number of likely N-dealkylation sites (tertiary alicyclic amines) is 1. The number of carbonyl (C=O) groups is 5. The number of fused-ring (bicyclic) bond motifs is 1. The first-order valence-electron chi connectivity index (χ1n) is 18.2. The molecule has 0 bridgehead atoms. The number of carbonyl (C=O) groups excluding carboxylic acids is 5. The van der Waals surface area contributed by atoms with Gasteiger partial charge in [-0.3, -0.25) is 19.7 Å². The second-order valence-corrected chi connectivity index (χ2v) is 15.5. The molecule has 7 atom stereocenters. The van der Waals surface area contributed by atoms with Crippen molar-refractivity contribution >= 4 is 29.7 Å². The van der Waals surface area contributed by atoms with Crippen molar-refractivity contribution in [1.82, 2.24) is 31.5 Å². The van der Waals surface area contributed by atoms with Gasteiger partial charge in [0.25, 0.3) is 5.91 Å². The van der Waals surface area contributed by atoms with Gasteiger partial charge in [0.05, 0.1) is 18.1 Å². The number of ketones is 1. The van der Waals surface area contributed by atoms with Crippen LogP contribution in [0.15, 0.2) is 36.9 Å². The van der Waals surface area contributed by atoms with E-state index in [0.29, 0.717) is 32.2 Å². The number of Topliss-reactive ketones (excluding diaryl/α,β-unsaturated/α-hetero) is 1. The fourth-order valence-electron chi connectivity index (χ4n) is 6.88. The van der Waals surface area contributed by atoms with Crippen molar-refractivity contribution in [1.29, 1.82) is 0 Å². The van der Waals surface area contributed by atoms with Gasteiger partial charge in [0.2, 0.25) is 11.7 Å². The van der Waals surface area contributed by atoms with Crippen LogP contribution < -0.4 is 26.6 Å². The summed E-state index contributed by atoms with van der Waals surface area (Å²) in [6.45, 7) is 19.2. The van der Waals surface area contributed by atoms with Gasteiger partial charge in [0.15, 0.2) is 0 Å². The number of ether oxygens (including phenoxy) is 1. The second kappa shape index (κ2) is 18.5. The third-order valence-electron chi connectivity index (χ3n) is 10.0. The average Bonchev–Trinajstić information content (AvgIpc) is 3.62. The quantitative estimate of drug-likeness (QED) is 0.0861. The molecule has 6 N–H and O–H groups in total. The van der Waals surface area contributed by atoms with E-state index in [1.165, 1.54) is 6.08 Å². The molecule has 5 unspecified atom stereocenters. The normalized spacial score (nSPS) is 21.2. The van der Waals surface area contributed by atoms with E-state index in [4.69, 9.17) is 4.74 Å². The van der Waals surface area contributed by atoms with Crippen LogP contribution in [0.5, 0.6) is 0 Å². The molecule has 13 nitrogen and oxygen atoms in total. The minimum atomic E-state index is -1.32. The Labute approximate surface area is 303 Å². The van der Waals surface area contributed by atoms with E-state index in [0.717, 1.165) is 11.1 Å². The molecule has 13 heteroatoms. The number of hydrogen-bond acceptors (Lipinski definition) is 8. The molecule has 1 aromatic carbocycles. The summed E-state index contributed by atoms with van der Waals surface area (Å²) in [5.74, 6) is -2.24. The van der Waals surface area contributed by atoms with E-state index in [1.54, 1.807) is 4.90 Å². The van der Waals surface area contributed by atoms with Crippen molar-refractivity contribution in [2.24, 2.45) is 23.2 Å². The molecule has 1 aliphatic heterocycles. The molecule has 1 saturated heterocycles. The summed E-state index contributed by atoms with van der Waals surface area (Å²) in [7, 11) is 0. The predicted octanol–water partition coefficient (Wildman–Crippen LogP) is 3.05. The minimum absolute atomic E-state index is 0.00118. The third-order valence-corrected chi connectivity index (χ3v) is 10.0. The molecule has 0 saturated carbocycles. The van der Waals surface area contributed by atoms with Gasteiger partial charge in [-0.15, -0.1) is 6.58 Å². The topological polar surface area (TPSA) is 178 Å². The van der Waals surface area contributed by atoms with Crippen LogP contribution >= 0.6 is 0 Å². The molecule has 0 spiro atoms. The molecule has 1 aliphatic carbocycles. The Morgan fingerprint density at radius 3 is 2.22 bits per heavy atom. The van der Waals surface area contributed by atoms with Crippen molar-refractivity contribution in [2.75, 3.05) is 19.7 Å². The molecule has 1 aromatic rings. The van der Waals surface area contributed by atoms with Gasteiger partial charge < -0.3 is 36.0 Å². The van der Waals surface area contributed by atoms with Crippen LogP contribution in [0.3, 0.4) is 0 Å². The summed E-state index contributed by atoms with van der Waals surface area (Å²) >= 11 is 0. The van der Waals surface area contributed by atoms with Gasteiger partial charge in [0.1, 0.15) is 18.9 Å². The first kappa shape index (κ1) is 41.5. The van der Waals surface area contributed by atoms with Crippen molar-refractivity contribution < 1.29 is 33.8 Å². The predicted molar refractivity (Wildman–Crippen MR) is 196 cm³/mol. The van der Waals surface area contributed by atoms with Crippen LogP contribution in [0.4, 0.5) is 9.59 Å². The molecule has 3 rings (SSSR count). The highest BCUT2D eigenvalue weighted by Gasteiger charge is 2.48.